The summed E-state index contributed by atoms with van der Waals surface area (Å²) in [6.45, 7) is 6.39. The van der Waals surface area contributed by atoms with Gasteiger partial charge in [-0.15, -0.1) is 0 Å². The van der Waals surface area contributed by atoms with Gasteiger partial charge in [-0.05, 0) is 25.3 Å². The number of phenolic OH excluding ortho intramolecular Hbond substituents is 1. The molecule has 0 bridgehead atoms. The molecule has 0 radical (unpaired) electrons. The number of benzene rings is 1. The second-order valence-corrected chi connectivity index (χ2v) is 6.47. The monoisotopic (exact) mass is 313 g/mol. The maximum Gasteiger partial charge on any atom is 0.124 e. The lowest BCUT2D eigenvalue weighted by atomic mass is 9.71. The Hall–Kier alpha value is -1.97. The number of para-hydroxylation sites is 1. The molecule has 0 spiro atoms. The van der Waals surface area contributed by atoms with Crippen molar-refractivity contribution in [1.29, 1.82) is 0 Å². The van der Waals surface area contributed by atoms with Crippen LogP contribution >= 0.6 is 0 Å². The lowest BCUT2D eigenvalue weighted by Gasteiger charge is -2.32. The van der Waals surface area contributed by atoms with Crippen LogP contribution in [0.2, 0.25) is 0 Å². The Morgan fingerprint density at radius 2 is 2.13 bits per heavy atom. The molecule has 1 aliphatic heterocycles. The van der Waals surface area contributed by atoms with Crippen LogP contribution in [0.1, 0.15) is 57.2 Å². The highest BCUT2D eigenvalue weighted by Gasteiger charge is 2.37. The number of aromatic nitrogens is 2. The number of nitrogens with zero attached hydrogens (tertiary/aromatic N) is 2. The topological polar surface area (TPSA) is 50.1 Å². The molecule has 2 N–H and O–H groups in total. The van der Waals surface area contributed by atoms with Gasteiger partial charge in [-0.25, -0.2) is 4.68 Å². The number of hydrogen-bond acceptors (Lipinski definition) is 3. The Labute approximate surface area is 138 Å². The molecule has 1 unspecified atom stereocenters. The Morgan fingerprint density at radius 3 is 2.83 bits per heavy atom. The van der Waals surface area contributed by atoms with Crippen LogP contribution in [0.3, 0.4) is 0 Å². The van der Waals surface area contributed by atoms with Crippen LogP contribution < -0.4 is 5.32 Å². The number of aryl methyl sites for hydroxylation is 1. The molecule has 1 aromatic carbocycles. The maximum absolute atomic E-state index is 10.5. The third-order valence-electron chi connectivity index (χ3n) is 5.10. The predicted octanol–water partition coefficient (Wildman–Crippen LogP) is 4.29. The summed E-state index contributed by atoms with van der Waals surface area (Å²) in [5.74, 6) is 1.49. The van der Waals surface area contributed by atoms with Crippen molar-refractivity contribution in [2.24, 2.45) is 0 Å². The molecule has 4 heteroatoms. The van der Waals surface area contributed by atoms with Crippen LogP contribution in [0.15, 0.2) is 30.3 Å². The highest BCUT2D eigenvalue weighted by Crippen LogP contribution is 2.44. The Bertz CT molecular complexity index is 641. The van der Waals surface area contributed by atoms with E-state index in [0.717, 1.165) is 62.3 Å². The second-order valence-electron chi connectivity index (χ2n) is 6.47. The average Bonchev–Trinajstić information content (AvgIpc) is 3.02. The van der Waals surface area contributed by atoms with Gasteiger partial charge in [-0.1, -0.05) is 44.9 Å². The van der Waals surface area contributed by atoms with Crippen molar-refractivity contribution < 1.29 is 5.11 Å². The molecular formula is C19H27N3O. The lowest BCUT2D eigenvalue weighted by Crippen LogP contribution is -2.28. The third kappa shape index (κ3) is 2.82. The Balaban J connectivity index is 2.11. The third-order valence-corrected chi connectivity index (χ3v) is 5.10. The van der Waals surface area contributed by atoms with Crippen molar-refractivity contribution in [3.8, 4) is 5.75 Å². The highest BCUT2D eigenvalue weighted by molar-refractivity contribution is 5.48. The summed E-state index contributed by atoms with van der Waals surface area (Å²) < 4.78 is 2.08. The van der Waals surface area contributed by atoms with Crippen LogP contribution in [0.4, 0.5) is 5.82 Å². The molecule has 0 fully saturated rings. The molecule has 0 aliphatic carbocycles. The molecule has 23 heavy (non-hydrogen) atoms. The Morgan fingerprint density at radius 1 is 1.30 bits per heavy atom. The van der Waals surface area contributed by atoms with E-state index in [1.807, 2.05) is 12.1 Å². The molecule has 124 valence electrons. The van der Waals surface area contributed by atoms with Gasteiger partial charge in [0.1, 0.15) is 11.6 Å². The van der Waals surface area contributed by atoms with E-state index < -0.39 is 0 Å². The summed E-state index contributed by atoms with van der Waals surface area (Å²) in [5, 5.41) is 18.8. The first-order chi connectivity index (χ1) is 11.2. The maximum atomic E-state index is 10.5. The largest absolute Gasteiger partial charge is 0.508 e. The molecule has 0 saturated carbocycles. The fourth-order valence-electron chi connectivity index (χ4n) is 3.71. The van der Waals surface area contributed by atoms with E-state index in [0.29, 0.717) is 5.75 Å². The fraction of sp³-hybridized carbons (Fsp3) is 0.526. The zero-order valence-electron chi connectivity index (χ0n) is 14.2. The van der Waals surface area contributed by atoms with E-state index in [1.165, 1.54) is 0 Å². The zero-order valence-corrected chi connectivity index (χ0v) is 14.2. The second kappa shape index (κ2) is 6.65. The Kier molecular flexibility index (Phi) is 4.60. The van der Waals surface area contributed by atoms with Crippen molar-refractivity contribution in [2.75, 3.05) is 11.9 Å². The summed E-state index contributed by atoms with van der Waals surface area (Å²) in [6, 6.07) is 9.93. The van der Waals surface area contributed by atoms with Crippen LogP contribution in [0, 0.1) is 0 Å². The summed E-state index contributed by atoms with van der Waals surface area (Å²) in [5.41, 5.74) is 1.87. The van der Waals surface area contributed by atoms with Crippen LogP contribution in [0.5, 0.6) is 5.75 Å². The zero-order chi connectivity index (χ0) is 16.3. The standard InChI is InChI=1S/C19H27N3O/c1-3-5-11-19(4-2,15-9-6-7-10-16(15)23)17-14-18-20-12-8-13-22(18)21-17/h6-7,9-10,14,20,23H,3-5,8,11-13H2,1-2H3. The minimum Gasteiger partial charge on any atom is -0.508 e. The van der Waals surface area contributed by atoms with Crippen molar-refractivity contribution in [3.05, 3.63) is 41.6 Å². The van der Waals surface area contributed by atoms with Gasteiger partial charge in [0.2, 0.25) is 0 Å². The number of fused-ring (bicyclic) bond motifs is 1. The van der Waals surface area contributed by atoms with E-state index in [-0.39, 0.29) is 5.41 Å². The summed E-state index contributed by atoms with van der Waals surface area (Å²) in [7, 11) is 0. The summed E-state index contributed by atoms with van der Waals surface area (Å²) in [4.78, 5) is 0. The number of rotatable bonds is 6. The van der Waals surface area contributed by atoms with Gasteiger partial charge >= 0.3 is 0 Å². The molecule has 1 atom stereocenters. The normalized spacial score (nSPS) is 16.4. The van der Waals surface area contributed by atoms with Gasteiger partial charge in [-0.2, -0.15) is 5.10 Å². The van der Waals surface area contributed by atoms with E-state index in [2.05, 4.69) is 36.0 Å². The number of phenols is 1. The smallest absolute Gasteiger partial charge is 0.124 e. The van der Waals surface area contributed by atoms with Gasteiger partial charge < -0.3 is 10.4 Å². The molecule has 0 saturated heterocycles. The molecule has 2 aromatic rings. The van der Waals surface area contributed by atoms with Gasteiger partial charge in [0.25, 0.3) is 0 Å². The highest BCUT2D eigenvalue weighted by atomic mass is 16.3. The molecular weight excluding hydrogens is 286 g/mol. The van der Waals surface area contributed by atoms with Crippen molar-refractivity contribution in [3.63, 3.8) is 0 Å². The first kappa shape index (κ1) is 15.9. The molecule has 0 amide bonds. The number of anilines is 1. The van der Waals surface area contributed by atoms with E-state index in [4.69, 9.17) is 5.10 Å². The van der Waals surface area contributed by atoms with Crippen LogP contribution in [-0.2, 0) is 12.0 Å². The van der Waals surface area contributed by atoms with Gasteiger partial charge in [0.15, 0.2) is 0 Å². The minimum absolute atomic E-state index is 0.215. The molecule has 4 nitrogen and oxygen atoms in total. The first-order valence-corrected chi connectivity index (χ1v) is 8.82. The van der Waals surface area contributed by atoms with Gasteiger partial charge in [0.05, 0.1) is 5.69 Å². The minimum atomic E-state index is -0.215. The number of hydrogen-bond donors (Lipinski definition) is 2. The fourth-order valence-corrected chi connectivity index (χ4v) is 3.71. The molecule has 3 rings (SSSR count). The van der Waals surface area contributed by atoms with E-state index in [1.54, 1.807) is 6.07 Å². The number of aromatic hydroxyl groups is 1. The van der Waals surface area contributed by atoms with Crippen molar-refractivity contribution in [2.45, 2.75) is 57.9 Å². The quantitative estimate of drug-likeness (QED) is 0.836. The first-order valence-electron chi connectivity index (χ1n) is 8.82. The molecule has 2 heterocycles. The molecule has 1 aromatic heterocycles. The van der Waals surface area contributed by atoms with Crippen molar-refractivity contribution in [1.82, 2.24) is 9.78 Å². The van der Waals surface area contributed by atoms with E-state index in [9.17, 15) is 5.11 Å². The SMILES string of the molecule is CCCCC(CC)(c1cc2n(n1)CCCN2)c1ccccc1O. The number of nitrogens with one attached hydrogen (secondary N) is 1. The number of unbranched alkanes of at least 4 members (excludes halogenated alkanes) is 1. The van der Waals surface area contributed by atoms with Crippen molar-refractivity contribution >= 4 is 5.82 Å². The van der Waals surface area contributed by atoms with Crippen LogP contribution in [-0.4, -0.2) is 21.4 Å². The summed E-state index contributed by atoms with van der Waals surface area (Å²) in [6.07, 6.45) is 5.31. The average molecular weight is 313 g/mol. The van der Waals surface area contributed by atoms with Gasteiger partial charge in [0, 0.05) is 30.1 Å². The predicted molar refractivity (Wildman–Crippen MR) is 94.0 cm³/mol. The van der Waals surface area contributed by atoms with E-state index >= 15 is 0 Å². The summed E-state index contributed by atoms with van der Waals surface area (Å²) >= 11 is 0. The molecule has 1 aliphatic rings. The lowest BCUT2D eigenvalue weighted by molar-refractivity contribution is 0.388. The van der Waals surface area contributed by atoms with Crippen LogP contribution in [0.25, 0.3) is 0 Å². The van der Waals surface area contributed by atoms with Gasteiger partial charge in [-0.3, -0.25) is 0 Å².